The number of rotatable bonds is 0. The molecule has 2 nitrogen and oxygen atoms in total. The van der Waals surface area contributed by atoms with Gasteiger partial charge in [0.15, 0.2) is 5.78 Å². The predicted octanol–water partition coefficient (Wildman–Crippen LogP) is 7.02. The maximum absolute atomic E-state index is 13.5. The Balaban J connectivity index is 1.62. The van der Waals surface area contributed by atoms with E-state index in [1.807, 2.05) is 0 Å². The van der Waals surface area contributed by atoms with Gasteiger partial charge in [-0.2, -0.15) is 0 Å². The molecule has 0 amide bonds. The highest BCUT2D eigenvalue weighted by atomic mass is 16.3. The highest BCUT2D eigenvalue weighted by Crippen LogP contribution is 2.73. The van der Waals surface area contributed by atoms with Gasteiger partial charge in [0, 0.05) is 11.8 Å². The zero-order chi connectivity index (χ0) is 22.6. The summed E-state index contributed by atoms with van der Waals surface area (Å²) in [7, 11) is 0. The number of ketones is 1. The van der Waals surface area contributed by atoms with E-state index in [1.54, 1.807) is 5.57 Å². The Bertz CT molecular complexity index is 888. The van der Waals surface area contributed by atoms with Gasteiger partial charge in [-0.15, -0.1) is 0 Å². The molecule has 172 valence electrons. The minimum absolute atomic E-state index is 0.0231. The molecule has 5 aliphatic rings. The Labute approximate surface area is 190 Å². The van der Waals surface area contributed by atoms with Gasteiger partial charge in [-0.25, -0.2) is 0 Å². The first-order valence-electron chi connectivity index (χ1n) is 12.9. The van der Waals surface area contributed by atoms with Crippen LogP contribution in [0.3, 0.4) is 0 Å². The molecule has 0 heterocycles. The summed E-state index contributed by atoms with van der Waals surface area (Å²) < 4.78 is 0. The van der Waals surface area contributed by atoms with Gasteiger partial charge in [-0.3, -0.25) is 4.79 Å². The minimum Gasteiger partial charge on any atom is -0.393 e. The number of aliphatic hydroxyl groups excluding tert-OH is 1. The highest BCUT2D eigenvalue weighted by molar-refractivity contribution is 5.99. The van der Waals surface area contributed by atoms with Crippen LogP contribution in [0.5, 0.6) is 0 Å². The second-order valence-electron chi connectivity index (χ2n) is 14.0. The second-order valence-corrected chi connectivity index (χ2v) is 14.0. The molecule has 0 aliphatic heterocycles. The van der Waals surface area contributed by atoms with Crippen LogP contribution in [0.4, 0.5) is 0 Å². The van der Waals surface area contributed by atoms with Crippen molar-refractivity contribution in [1.29, 1.82) is 0 Å². The lowest BCUT2D eigenvalue weighted by Gasteiger charge is -2.69. The normalized spacial score (nSPS) is 48.2. The number of aliphatic hydroxyl groups is 1. The van der Waals surface area contributed by atoms with Crippen molar-refractivity contribution in [3.05, 3.63) is 22.8 Å². The zero-order valence-corrected chi connectivity index (χ0v) is 21.0. The van der Waals surface area contributed by atoms with E-state index in [9.17, 15) is 9.90 Å². The third-order valence-corrected chi connectivity index (χ3v) is 11.7. The molecule has 31 heavy (non-hydrogen) atoms. The van der Waals surface area contributed by atoms with Gasteiger partial charge in [-0.05, 0) is 102 Å². The largest absolute Gasteiger partial charge is 0.393 e. The fourth-order valence-electron chi connectivity index (χ4n) is 9.53. The number of carbonyl (C=O) groups is 1. The summed E-state index contributed by atoms with van der Waals surface area (Å²) in [4.78, 5) is 13.5. The molecule has 0 bridgehead atoms. The van der Waals surface area contributed by atoms with Crippen LogP contribution in [0.25, 0.3) is 0 Å². The number of hydrogen-bond acceptors (Lipinski definition) is 2. The van der Waals surface area contributed by atoms with Crippen molar-refractivity contribution in [2.45, 2.75) is 112 Å². The lowest BCUT2D eigenvalue weighted by Crippen LogP contribution is -2.63. The van der Waals surface area contributed by atoms with Crippen molar-refractivity contribution in [2.24, 2.45) is 38.9 Å². The highest BCUT2D eigenvalue weighted by Gasteiger charge is 2.66. The second kappa shape index (κ2) is 6.37. The summed E-state index contributed by atoms with van der Waals surface area (Å²) >= 11 is 0. The fraction of sp³-hybridized carbons (Fsp3) is 0.828. The van der Waals surface area contributed by atoms with Crippen LogP contribution < -0.4 is 0 Å². The van der Waals surface area contributed by atoms with Crippen LogP contribution in [0, 0.1) is 38.9 Å². The molecule has 6 atom stereocenters. The lowest BCUT2D eigenvalue weighted by molar-refractivity contribution is -0.195. The molecule has 1 N–H and O–H groups in total. The SMILES string of the molecule is CC1(C)CCC2=C(C1)C1=CC[C@@H]3[C@]4(C)CC[C@@H](O)C(C)(C)[C@H]4CC[C@@]3(C)[C@]1(C)CC2=O. The summed E-state index contributed by atoms with van der Waals surface area (Å²) in [6, 6.07) is 0. The molecule has 0 saturated heterocycles. The van der Waals surface area contributed by atoms with Gasteiger partial charge < -0.3 is 5.11 Å². The molecule has 0 aromatic rings. The molecule has 2 saturated carbocycles. The zero-order valence-electron chi connectivity index (χ0n) is 21.0. The van der Waals surface area contributed by atoms with Crippen molar-refractivity contribution < 1.29 is 9.90 Å². The van der Waals surface area contributed by atoms with Crippen molar-refractivity contribution >= 4 is 5.78 Å². The summed E-state index contributed by atoms with van der Waals surface area (Å²) in [5, 5.41) is 10.8. The van der Waals surface area contributed by atoms with E-state index in [0.29, 0.717) is 29.5 Å². The van der Waals surface area contributed by atoms with Crippen molar-refractivity contribution in [1.82, 2.24) is 0 Å². The Morgan fingerprint density at radius 1 is 0.871 bits per heavy atom. The molecule has 5 rings (SSSR count). The van der Waals surface area contributed by atoms with E-state index >= 15 is 0 Å². The molecule has 5 aliphatic carbocycles. The van der Waals surface area contributed by atoms with Crippen LogP contribution >= 0.6 is 0 Å². The van der Waals surface area contributed by atoms with E-state index in [4.69, 9.17) is 0 Å². The Morgan fingerprint density at radius 2 is 1.58 bits per heavy atom. The molecule has 0 aromatic heterocycles. The van der Waals surface area contributed by atoms with E-state index < -0.39 is 0 Å². The summed E-state index contributed by atoms with van der Waals surface area (Å²) in [6.45, 7) is 16.9. The molecule has 0 aromatic carbocycles. The third kappa shape index (κ3) is 2.69. The van der Waals surface area contributed by atoms with Crippen molar-refractivity contribution in [3.63, 3.8) is 0 Å². The summed E-state index contributed by atoms with van der Waals surface area (Å²) in [5.74, 6) is 1.59. The van der Waals surface area contributed by atoms with Crippen LogP contribution in [-0.4, -0.2) is 17.0 Å². The van der Waals surface area contributed by atoms with Gasteiger partial charge in [0.2, 0.25) is 0 Å². The fourth-order valence-corrected chi connectivity index (χ4v) is 9.53. The number of fused-ring (bicyclic) bond motifs is 6. The topological polar surface area (TPSA) is 37.3 Å². The number of carbonyl (C=O) groups excluding carboxylic acids is 1. The summed E-state index contributed by atoms with van der Waals surface area (Å²) in [6.07, 6.45) is 11.8. The number of hydrogen-bond donors (Lipinski definition) is 1. The molecule has 2 fully saturated rings. The van der Waals surface area contributed by atoms with Crippen molar-refractivity contribution in [2.75, 3.05) is 0 Å². The maximum atomic E-state index is 13.5. The number of Topliss-reactive ketones (excluding diaryl/α,β-unsaturated/α-hetero) is 1. The minimum atomic E-state index is -0.186. The van der Waals surface area contributed by atoms with E-state index in [2.05, 4.69) is 54.5 Å². The van der Waals surface area contributed by atoms with E-state index in [-0.39, 0.29) is 27.8 Å². The lowest BCUT2D eigenvalue weighted by atomic mass is 9.35. The first-order chi connectivity index (χ1) is 14.3. The maximum Gasteiger partial charge on any atom is 0.160 e. The number of allylic oxidation sites excluding steroid dienone is 4. The van der Waals surface area contributed by atoms with Gasteiger partial charge in [0.1, 0.15) is 0 Å². The standard InChI is InChI=1S/C29H44O2/c1-25(2)13-10-18-19(16-25)20-8-9-23-27(5)14-12-24(31)26(3,4)22(27)11-15-28(23,6)29(20,7)17-21(18)30/h8,22-24,31H,9-17H2,1-7H3/t22-,23-,24-,27-,28-,29-/m1/s1. The first-order valence-corrected chi connectivity index (χ1v) is 12.9. The average Bonchev–Trinajstić information content (AvgIpc) is 2.65. The predicted molar refractivity (Wildman–Crippen MR) is 127 cm³/mol. The van der Waals surface area contributed by atoms with Crippen LogP contribution in [-0.2, 0) is 4.79 Å². The van der Waals surface area contributed by atoms with E-state index in [1.165, 1.54) is 24.0 Å². The Kier molecular flexibility index (Phi) is 4.50. The Hall–Kier alpha value is -0.890. The van der Waals surface area contributed by atoms with Crippen LogP contribution in [0.2, 0.25) is 0 Å². The van der Waals surface area contributed by atoms with Gasteiger partial charge in [0.05, 0.1) is 6.10 Å². The molecule has 2 heteroatoms. The quantitative estimate of drug-likeness (QED) is 0.453. The van der Waals surface area contributed by atoms with Crippen LogP contribution in [0.15, 0.2) is 22.8 Å². The van der Waals surface area contributed by atoms with Gasteiger partial charge in [-0.1, -0.05) is 54.5 Å². The summed E-state index contributed by atoms with van der Waals surface area (Å²) in [5.41, 5.74) is 4.77. The molecule has 0 unspecified atom stereocenters. The molecular weight excluding hydrogens is 380 g/mol. The van der Waals surface area contributed by atoms with E-state index in [0.717, 1.165) is 38.5 Å². The van der Waals surface area contributed by atoms with Gasteiger partial charge in [0.25, 0.3) is 0 Å². The molecule has 0 radical (unpaired) electrons. The third-order valence-electron chi connectivity index (χ3n) is 11.7. The first kappa shape index (κ1) is 21.9. The Morgan fingerprint density at radius 3 is 2.29 bits per heavy atom. The van der Waals surface area contributed by atoms with Crippen molar-refractivity contribution in [3.8, 4) is 0 Å². The average molecular weight is 425 g/mol. The molecular formula is C29H44O2. The smallest absolute Gasteiger partial charge is 0.160 e. The van der Waals surface area contributed by atoms with Gasteiger partial charge >= 0.3 is 0 Å². The monoisotopic (exact) mass is 424 g/mol. The molecule has 0 spiro atoms. The van der Waals surface area contributed by atoms with Crippen LogP contribution in [0.1, 0.15) is 106 Å².